The molecule has 0 radical (unpaired) electrons. The molecule has 0 atom stereocenters. The summed E-state index contributed by atoms with van der Waals surface area (Å²) in [5.74, 6) is 0.265. The highest BCUT2D eigenvalue weighted by molar-refractivity contribution is 5.90. The first-order valence-corrected chi connectivity index (χ1v) is 6.20. The summed E-state index contributed by atoms with van der Waals surface area (Å²) in [4.78, 5) is 11.9. The number of anilines is 1. The quantitative estimate of drug-likeness (QED) is 0.787. The van der Waals surface area contributed by atoms with Gasteiger partial charge < -0.3 is 15.8 Å². The maximum atomic E-state index is 11.9. The lowest BCUT2D eigenvalue weighted by Gasteiger charge is -2.07. The first-order valence-electron chi connectivity index (χ1n) is 6.20. The van der Waals surface area contributed by atoms with Gasteiger partial charge in [-0.1, -0.05) is 11.3 Å². The molecule has 0 unspecified atom stereocenters. The van der Waals surface area contributed by atoms with Crippen LogP contribution < -0.4 is 15.8 Å². The summed E-state index contributed by atoms with van der Waals surface area (Å²) in [6.07, 6.45) is 1.62. The topological polar surface area (TPSA) is 119 Å². The number of rotatable bonds is 6. The van der Waals surface area contributed by atoms with Gasteiger partial charge in [0.1, 0.15) is 18.4 Å². The van der Waals surface area contributed by atoms with Crippen molar-refractivity contribution in [2.45, 2.75) is 13.1 Å². The second-order valence-corrected chi connectivity index (χ2v) is 4.13. The lowest BCUT2D eigenvalue weighted by molar-refractivity contribution is -0.116. The number of nitrogens with two attached hydrogens (primary N) is 1. The van der Waals surface area contributed by atoms with Crippen molar-refractivity contribution in [3.63, 3.8) is 0 Å². The third kappa shape index (κ3) is 4.29. The molecular formula is C13H14N6O2. The van der Waals surface area contributed by atoms with Gasteiger partial charge in [0.15, 0.2) is 6.61 Å². The van der Waals surface area contributed by atoms with Gasteiger partial charge in [0.2, 0.25) is 5.91 Å². The highest BCUT2D eigenvalue weighted by Gasteiger charge is 2.06. The second-order valence-electron chi connectivity index (χ2n) is 4.13. The maximum Gasteiger partial charge on any atom is 0.246 e. The molecule has 0 spiro atoms. The van der Waals surface area contributed by atoms with Gasteiger partial charge in [-0.3, -0.25) is 4.79 Å². The molecular weight excluding hydrogens is 272 g/mol. The first kappa shape index (κ1) is 14.5. The maximum absolute atomic E-state index is 11.9. The van der Waals surface area contributed by atoms with Gasteiger partial charge in [-0.05, 0) is 12.1 Å². The van der Waals surface area contributed by atoms with Crippen molar-refractivity contribution in [3.8, 4) is 11.8 Å². The Hall–Kier alpha value is -2.92. The number of amides is 1. The number of ether oxygens (including phenoxy) is 1. The normalized spacial score (nSPS) is 9.90. The summed E-state index contributed by atoms with van der Waals surface area (Å²) in [7, 11) is 0. The number of benzene rings is 1. The van der Waals surface area contributed by atoms with E-state index in [1.165, 1.54) is 4.68 Å². The van der Waals surface area contributed by atoms with Crippen LogP contribution in [-0.2, 0) is 17.9 Å². The van der Waals surface area contributed by atoms with Crippen LogP contribution in [0.4, 0.5) is 5.69 Å². The zero-order valence-corrected chi connectivity index (χ0v) is 11.2. The van der Waals surface area contributed by atoms with Crippen LogP contribution >= 0.6 is 0 Å². The molecule has 2 rings (SSSR count). The van der Waals surface area contributed by atoms with Crippen LogP contribution in [0, 0.1) is 11.3 Å². The van der Waals surface area contributed by atoms with E-state index in [-0.39, 0.29) is 25.6 Å². The van der Waals surface area contributed by atoms with Gasteiger partial charge in [-0.2, -0.15) is 5.26 Å². The summed E-state index contributed by atoms with van der Waals surface area (Å²) < 4.78 is 6.57. The van der Waals surface area contributed by atoms with Crippen molar-refractivity contribution in [3.05, 3.63) is 36.2 Å². The van der Waals surface area contributed by atoms with Crippen LogP contribution in [0.1, 0.15) is 5.69 Å². The number of nitrogens with one attached hydrogen (secondary N) is 1. The number of carbonyl (C=O) groups is 1. The Morgan fingerprint density at radius 1 is 1.52 bits per heavy atom. The van der Waals surface area contributed by atoms with Gasteiger partial charge in [-0.15, -0.1) is 5.10 Å². The molecule has 21 heavy (non-hydrogen) atoms. The molecule has 1 aromatic carbocycles. The predicted octanol–water partition coefficient (Wildman–Crippen LogP) is 0.278. The molecule has 1 amide bonds. The molecule has 0 fully saturated rings. The lowest BCUT2D eigenvalue weighted by Crippen LogP contribution is -2.19. The SMILES string of the molecule is N#CCOc1cccc(NC(=O)Cn2cc(CN)nn2)c1. The van der Waals surface area contributed by atoms with Crippen LogP contribution in [0.5, 0.6) is 5.75 Å². The Kier molecular flexibility index (Phi) is 4.84. The molecule has 0 bridgehead atoms. The molecule has 0 saturated heterocycles. The van der Waals surface area contributed by atoms with Gasteiger partial charge in [0, 0.05) is 18.3 Å². The highest BCUT2D eigenvalue weighted by Crippen LogP contribution is 2.17. The fourth-order valence-electron chi connectivity index (χ4n) is 1.64. The Balaban J connectivity index is 1.94. The van der Waals surface area contributed by atoms with Crippen molar-refractivity contribution in [2.24, 2.45) is 5.73 Å². The fourth-order valence-corrected chi connectivity index (χ4v) is 1.64. The Bertz CT molecular complexity index is 661. The molecule has 1 heterocycles. The van der Waals surface area contributed by atoms with E-state index in [9.17, 15) is 4.79 Å². The second kappa shape index (κ2) is 7.02. The fraction of sp³-hybridized carbons (Fsp3) is 0.231. The van der Waals surface area contributed by atoms with Crippen molar-refractivity contribution in [1.82, 2.24) is 15.0 Å². The summed E-state index contributed by atoms with van der Waals surface area (Å²) in [6.45, 7) is 0.272. The van der Waals surface area contributed by atoms with Crippen LogP contribution in [0.25, 0.3) is 0 Å². The molecule has 3 N–H and O–H groups in total. The van der Waals surface area contributed by atoms with Crippen molar-refractivity contribution >= 4 is 11.6 Å². The van der Waals surface area contributed by atoms with E-state index < -0.39 is 0 Å². The molecule has 1 aromatic heterocycles. The number of nitrogens with zero attached hydrogens (tertiary/aromatic N) is 4. The molecule has 108 valence electrons. The average Bonchev–Trinajstić information content (AvgIpc) is 2.93. The lowest BCUT2D eigenvalue weighted by atomic mass is 10.3. The number of hydrogen-bond acceptors (Lipinski definition) is 6. The van der Waals surface area contributed by atoms with E-state index >= 15 is 0 Å². The molecule has 0 aliphatic rings. The summed E-state index contributed by atoms with van der Waals surface area (Å²) >= 11 is 0. The minimum absolute atomic E-state index is 0.0380. The highest BCUT2D eigenvalue weighted by atomic mass is 16.5. The van der Waals surface area contributed by atoms with Gasteiger partial charge >= 0.3 is 0 Å². The van der Waals surface area contributed by atoms with Crippen LogP contribution in [0.3, 0.4) is 0 Å². The predicted molar refractivity (Wildman–Crippen MR) is 74.1 cm³/mol. The number of carbonyl (C=O) groups excluding carboxylic acids is 1. The number of aromatic nitrogens is 3. The largest absolute Gasteiger partial charge is 0.479 e. The van der Waals surface area contributed by atoms with Crippen molar-refractivity contribution in [2.75, 3.05) is 11.9 Å². The van der Waals surface area contributed by atoms with Crippen molar-refractivity contribution < 1.29 is 9.53 Å². The van der Waals surface area contributed by atoms with E-state index in [1.807, 2.05) is 6.07 Å². The number of nitriles is 1. The monoisotopic (exact) mass is 286 g/mol. The summed E-state index contributed by atoms with van der Waals surface area (Å²) in [5.41, 5.74) is 6.62. The van der Waals surface area contributed by atoms with Gasteiger partial charge in [0.25, 0.3) is 0 Å². The Labute approximate surface area is 121 Å². The summed E-state index contributed by atoms with van der Waals surface area (Å²) in [6, 6.07) is 8.68. The van der Waals surface area contributed by atoms with Crippen LogP contribution in [-0.4, -0.2) is 27.5 Å². The average molecular weight is 286 g/mol. The number of hydrogen-bond donors (Lipinski definition) is 2. The van der Waals surface area contributed by atoms with E-state index in [1.54, 1.807) is 30.5 Å². The molecule has 2 aromatic rings. The smallest absolute Gasteiger partial charge is 0.246 e. The third-order valence-corrected chi connectivity index (χ3v) is 2.52. The van der Waals surface area contributed by atoms with Crippen LogP contribution in [0.2, 0.25) is 0 Å². The zero-order chi connectivity index (χ0) is 15.1. The molecule has 0 saturated carbocycles. The van der Waals surface area contributed by atoms with E-state index in [0.29, 0.717) is 17.1 Å². The van der Waals surface area contributed by atoms with Crippen LogP contribution in [0.15, 0.2) is 30.5 Å². The van der Waals surface area contributed by atoms with E-state index in [0.717, 1.165) is 0 Å². The van der Waals surface area contributed by atoms with Crippen molar-refractivity contribution in [1.29, 1.82) is 5.26 Å². The summed E-state index contributed by atoms with van der Waals surface area (Å²) in [5, 5.41) is 18.8. The minimum atomic E-state index is -0.249. The molecule has 0 aliphatic heterocycles. The third-order valence-electron chi connectivity index (χ3n) is 2.52. The first-order chi connectivity index (χ1) is 10.2. The standard InChI is InChI=1S/C13H14N6O2/c14-4-5-21-12-3-1-2-10(6-12)16-13(20)9-19-8-11(7-15)17-18-19/h1-3,6,8H,5,7,9,15H2,(H,16,20). The zero-order valence-electron chi connectivity index (χ0n) is 11.2. The molecule has 8 nitrogen and oxygen atoms in total. The van der Waals surface area contributed by atoms with Gasteiger partial charge in [0.05, 0.1) is 11.9 Å². The Morgan fingerprint density at radius 2 is 2.38 bits per heavy atom. The van der Waals surface area contributed by atoms with E-state index in [4.69, 9.17) is 15.7 Å². The van der Waals surface area contributed by atoms with Gasteiger partial charge in [-0.25, -0.2) is 4.68 Å². The minimum Gasteiger partial charge on any atom is -0.479 e. The molecule has 8 heteroatoms. The Morgan fingerprint density at radius 3 is 3.10 bits per heavy atom. The molecule has 0 aliphatic carbocycles. The van der Waals surface area contributed by atoms with E-state index in [2.05, 4.69) is 15.6 Å².